The Morgan fingerprint density at radius 1 is 0.840 bits per heavy atom. The van der Waals surface area contributed by atoms with Crippen LogP contribution in [0.3, 0.4) is 0 Å². The lowest BCUT2D eigenvalue weighted by Crippen LogP contribution is -2.49. The zero-order valence-corrected chi connectivity index (χ0v) is 14.5. The van der Waals surface area contributed by atoms with Crippen LogP contribution in [-0.4, -0.2) is 26.7 Å². The number of aryl methyl sites for hydroxylation is 1. The van der Waals surface area contributed by atoms with Gasteiger partial charge in [-0.05, 0) is 18.1 Å². The Morgan fingerprint density at radius 2 is 1.28 bits per heavy atom. The summed E-state index contributed by atoms with van der Waals surface area (Å²) in [4.78, 5) is 33.7. The first-order valence-electron chi connectivity index (χ1n) is 6.88. The number of halogens is 4. The molecule has 0 amide bonds. The van der Waals surface area contributed by atoms with Crippen LogP contribution in [0.5, 0.6) is 0 Å². The molecule has 25 heavy (non-hydrogen) atoms. The molecule has 0 atom stereocenters. The highest BCUT2D eigenvalue weighted by atomic mass is 28.4. The number of carbonyl (C=O) groups excluding carboxylic acids is 3. The van der Waals surface area contributed by atoms with E-state index in [0.717, 1.165) is 20.8 Å². The third kappa shape index (κ3) is 5.55. The van der Waals surface area contributed by atoms with Crippen LogP contribution in [0.15, 0.2) is 6.07 Å². The van der Waals surface area contributed by atoms with Crippen molar-refractivity contribution in [3.63, 3.8) is 0 Å². The minimum atomic E-state index is -4.29. The summed E-state index contributed by atoms with van der Waals surface area (Å²) in [6.07, 6.45) is -0.556. The monoisotopic (exact) mass is 382 g/mol. The summed E-state index contributed by atoms with van der Waals surface area (Å²) in [6.45, 7) is 2.85. The average molecular weight is 382 g/mol. The summed E-state index contributed by atoms with van der Waals surface area (Å²) >= 11 is 0. The molecule has 0 aliphatic carbocycles. The van der Waals surface area contributed by atoms with Crippen LogP contribution in [0, 0.1) is 23.3 Å². The Labute approximate surface area is 141 Å². The first-order chi connectivity index (χ1) is 11.5. The molecule has 0 N–H and O–H groups in total. The molecular weight excluding hydrogens is 368 g/mol. The van der Waals surface area contributed by atoms with E-state index >= 15 is 0 Å². The topological polar surface area (TPSA) is 78.9 Å². The maximum Gasteiger partial charge on any atom is 0.705 e. The predicted molar refractivity (Wildman–Crippen MR) is 75.8 cm³/mol. The molecule has 0 spiro atoms. The van der Waals surface area contributed by atoms with E-state index in [0.29, 0.717) is 6.07 Å². The first kappa shape index (κ1) is 20.6. The highest BCUT2D eigenvalue weighted by molar-refractivity contribution is 6.65. The van der Waals surface area contributed by atoms with Gasteiger partial charge in [-0.2, -0.15) is 0 Å². The Kier molecular flexibility index (Phi) is 6.68. The van der Waals surface area contributed by atoms with Crippen molar-refractivity contribution in [3.8, 4) is 0 Å². The van der Waals surface area contributed by atoms with Gasteiger partial charge in [0.1, 0.15) is 0 Å². The van der Waals surface area contributed by atoms with E-state index in [2.05, 4.69) is 0 Å². The third-order valence-electron chi connectivity index (χ3n) is 2.78. The van der Waals surface area contributed by atoms with E-state index in [9.17, 15) is 31.9 Å². The molecule has 6 nitrogen and oxygen atoms in total. The summed E-state index contributed by atoms with van der Waals surface area (Å²) in [5.74, 6) is -10.1. The lowest BCUT2D eigenvalue weighted by Gasteiger charge is -2.26. The maximum atomic E-state index is 13.7. The molecule has 0 aromatic heterocycles. The number of carbonyl (C=O) groups is 3. The number of rotatable bonds is 6. The van der Waals surface area contributed by atoms with E-state index in [-0.39, 0.29) is 0 Å². The van der Waals surface area contributed by atoms with E-state index in [1.54, 1.807) is 0 Å². The van der Waals surface area contributed by atoms with Gasteiger partial charge in [0.25, 0.3) is 17.9 Å². The van der Waals surface area contributed by atoms with E-state index in [1.165, 1.54) is 0 Å². The minimum absolute atomic E-state index is 0.405. The molecule has 0 saturated heterocycles. The van der Waals surface area contributed by atoms with Crippen molar-refractivity contribution in [1.29, 1.82) is 0 Å². The second-order valence-electron chi connectivity index (χ2n) is 4.92. The first-order valence-corrected chi connectivity index (χ1v) is 8.81. The summed E-state index contributed by atoms with van der Waals surface area (Å²) in [7, 11) is -4.29. The molecule has 0 aliphatic rings. The van der Waals surface area contributed by atoms with Crippen LogP contribution >= 0.6 is 0 Å². The van der Waals surface area contributed by atoms with Gasteiger partial charge in [-0.25, -0.2) is 17.6 Å². The minimum Gasteiger partial charge on any atom is -0.455 e. The van der Waals surface area contributed by atoms with Crippen molar-refractivity contribution < 1.29 is 45.2 Å². The summed E-state index contributed by atoms with van der Waals surface area (Å²) in [6, 6.07) is -0.143. The fraction of sp³-hybridized carbons (Fsp3) is 0.357. The summed E-state index contributed by atoms with van der Waals surface area (Å²) in [5.41, 5.74) is -0.611. The zero-order chi connectivity index (χ0) is 19.4. The van der Waals surface area contributed by atoms with E-state index < -0.39 is 68.0 Å². The molecule has 11 heteroatoms. The standard InChI is InChI=1S/C14H14F4O6Si/c1-7(19)22-25(23-8(2)20,24-9(3)21)5-4-10-6-11(15)13(17)14(18)12(10)16/h6H,4-5H2,1-3H3. The van der Waals surface area contributed by atoms with Crippen molar-refractivity contribution >= 4 is 26.7 Å². The van der Waals surface area contributed by atoms with Crippen molar-refractivity contribution in [2.45, 2.75) is 33.2 Å². The fourth-order valence-corrected chi connectivity index (χ4v) is 4.28. The average Bonchev–Trinajstić information content (AvgIpc) is 2.45. The highest BCUT2D eigenvalue weighted by Crippen LogP contribution is 2.24. The fourth-order valence-electron chi connectivity index (χ4n) is 1.96. The van der Waals surface area contributed by atoms with Gasteiger partial charge in [-0.15, -0.1) is 0 Å². The largest absolute Gasteiger partial charge is 0.705 e. The van der Waals surface area contributed by atoms with Gasteiger partial charge in [0.15, 0.2) is 23.3 Å². The van der Waals surface area contributed by atoms with Crippen LogP contribution in [0.1, 0.15) is 26.3 Å². The van der Waals surface area contributed by atoms with Crippen molar-refractivity contribution in [3.05, 3.63) is 34.9 Å². The number of hydrogen-bond donors (Lipinski definition) is 0. The molecule has 0 aliphatic heterocycles. The molecule has 1 aromatic carbocycles. The van der Waals surface area contributed by atoms with Crippen molar-refractivity contribution in [2.24, 2.45) is 0 Å². The molecule has 0 bridgehead atoms. The van der Waals surface area contributed by atoms with Crippen LogP contribution in [-0.2, 0) is 34.1 Å². The van der Waals surface area contributed by atoms with Crippen LogP contribution in [0.4, 0.5) is 17.6 Å². The van der Waals surface area contributed by atoms with Crippen molar-refractivity contribution in [2.75, 3.05) is 0 Å². The predicted octanol–water partition coefficient (Wildman–Crippen LogP) is 2.41. The summed E-state index contributed by atoms with van der Waals surface area (Å²) in [5, 5.41) is 0. The smallest absolute Gasteiger partial charge is 0.455 e. The van der Waals surface area contributed by atoms with Gasteiger partial charge in [0, 0.05) is 20.8 Å². The lowest BCUT2D eigenvalue weighted by atomic mass is 10.1. The van der Waals surface area contributed by atoms with Crippen molar-refractivity contribution in [1.82, 2.24) is 0 Å². The number of benzene rings is 1. The second kappa shape index (κ2) is 8.10. The maximum absolute atomic E-state index is 13.7. The zero-order valence-electron chi connectivity index (χ0n) is 13.5. The van der Waals surface area contributed by atoms with Gasteiger partial charge >= 0.3 is 8.80 Å². The molecule has 1 aromatic rings. The van der Waals surface area contributed by atoms with E-state index in [4.69, 9.17) is 13.3 Å². The van der Waals surface area contributed by atoms with Crippen LogP contribution in [0.25, 0.3) is 0 Å². The third-order valence-corrected chi connectivity index (χ3v) is 5.43. The molecule has 1 rings (SSSR count). The molecule has 0 unspecified atom stereocenters. The Bertz CT molecular complexity index is 668. The van der Waals surface area contributed by atoms with Gasteiger partial charge < -0.3 is 13.3 Å². The molecule has 0 radical (unpaired) electrons. The number of hydrogen-bond acceptors (Lipinski definition) is 6. The Hall–Kier alpha value is -2.43. The molecule has 0 saturated carbocycles. The second-order valence-corrected chi connectivity index (χ2v) is 7.40. The van der Waals surface area contributed by atoms with Gasteiger partial charge in [0.2, 0.25) is 0 Å². The summed E-state index contributed by atoms with van der Waals surface area (Å²) < 4.78 is 67.7. The van der Waals surface area contributed by atoms with E-state index in [1.807, 2.05) is 0 Å². The highest BCUT2D eigenvalue weighted by Gasteiger charge is 2.51. The molecule has 138 valence electrons. The normalized spacial score (nSPS) is 11.0. The lowest BCUT2D eigenvalue weighted by molar-refractivity contribution is -0.147. The Morgan fingerprint density at radius 3 is 1.68 bits per heavy atom. The molecule has 0 fully saturated rings. The Balaban J connectivity index is 3.19. The van der Waals surface area contributed by atoms with Crippen LogP contribution < -0.4 is 0 Å². The van der Waals surface area contributed by atoms with Gasteiger partial charge in [-0.1, -0.05) is 0 Å². The van der Waals surface area contributed by atoms with Gasteiger partial charge in [0.05, 0.1) is 6.04 Å². The molecular formula is C14H14F4O6Si. The quantitative estimate of drug-likeness (QED) is 0.325. The SMILES string of the molecule is CC(=O)O[Si](CCc1cc(F)c(F)c(F)c1F)(OC(C)=O)OC(C)=O. The van der Waals surface area contributed by atoms with Crippen LogP contribution in [0.2, 0.25) is 6.04 Å². The molecule has 0 heterocycles. The van der Waals surface area contributed by atoms with Gasteiger partial charge in [-0.3, -0.25) is 14.4 Å².